The van der Waals surface area contributed by atoms with Gasteiger partial charge in [-0.05, 0) is 48.6 Å². The third-order valence-electron chi connectivity index (χ3n) is 4.78. The number of aliphatic carboxylic acids is 1. The second-order valence-electron chi connectivity index (χ2n) is 6.76. The van der Waals surface area contributed by atoms with Gasteiger partial charge in [0.05, 0.1) is 6.54 Å². The highest BCUT2D eigenvalue weighted by Gasteiger charge is 2.09. The highest BCUT2D eigenvalue weighted by atomic mass is 32.1. The smallest absolute Gasteiger partial charge is 0.322 e. The van der Waals surface area contributed by atoms with Gasteiger partial charge in [-0.2, -0.15) is 0 Å². The van der Waals surface area contributed by atoms with Gasteiger partial charge in [0.2, 0.25) is 0 Å². The van der Waals surface area contributed by atoms with Gasteiger partial charge in [0.1, 0.15) is 18.9 Å². The molecule has 0 aliphatic carbocycles. The average Bonchev–Trinajstić information content (AvgIpc) is 3.08. The van der Waals surface area contributed by atoms with E-state index in [9.17, 15) is 4.79 Å². The maximum Gasteiger partial charge on any atom is 0.322 e. The lowest BCUT2D eigenvalue weighted by Gasteiger charge is -2.11. The number of para-hydroxylation sites is 2. The molecule has 4 aromatic rings. The van der Waals surface area contributed by atoms with E-state index in [1.54, 1.807) is 0 Å². The number of anilines is 1. The van der Waals surface area contributed by atoms with E-state index in [-0.39, 0.29) is 11.7 Å². The molecule has 1 aromatic heterocycles. The molecule has 0 amide bonds. The summed E-state index contributed by atoms with van der Waals surface area (Å²) in [6.07, 6.45) is 0. The lowest BCUT2D eigenvalue weighted by Crippen LogP contribution is -2.32. The van der Waals surface area contributed by atoms with Crippen molar-refractivity contribution in [3.05, 3.63) is 72.8 Å². The van der Waals surface area contributed by atoms with Crippen LogP contribution in [0.15, 0.2) is 72.8 Å². The maximum atomic E-state index is 10.6. The SMILES string of the molecule is O=C(O)CNC(=S)Nc1ccc(OCCn2c3ccccc3c3ccccc32)cc1. The molecule has 0 spiro atoms. The van der Waals surface area contributed by atoms with Crippen LogP contribution in [0.5, 0.6) is 5.75 Å². The third-order valence-corrected chi connectivity index (χ3v) is 5.02. The van der Waals surface area contributed by atoms with E-state index in [1.165, 1.54) is 21.8 Å². The van der Waals surface area contributed by atoms with Crippen molar-refractivity contribution in [2.45, 2.75) is 6.54 Å². The summed E-state index contributed by atoms with van der Waals surface area (Å²) in [6, 6.07) is 24.2. The molecular weight excluding hydrogens is 398 g/mol. The Morgan fingerprint density at radius 1 is 0.933 bits per heavy atom. The lowest BCUT2D eigenvalue weighted by atomic mass is 10.2. The predicted molar refractivity (Wildman–Crippen MR) is 123 cm³/mol. The van der Waals surface area contributed by atoms with Crippen LogP contribution in [0.2, 0.25) is 0 Å². The number of nitrogens with zero attached hydrogens (tertiary/aromatic N) is 1. The average molecular weight is 420 g/mol. The van der Waals surface area contributed by atoms with Gasteiger partial charge in [0.15, 0.2) is 5.11 Å². The van der Waals surface area contributed by atoms with Crippen molar-refractivity contribution < 1.29 is 14.6 Å². The van der Waals surface area contributed by atoms with E-state index >= 15 is 0 Å². The van der Waals surface area contributed by atoms with Gasteiger partial charge in [-0.1, -0.05) is 36.4 Å². The van der Waals surface area contributed by atoms with Crippen molar-refractivity contribution in [2.24, 2.45) is 0 Å². The minimum absolute atomic E-state index is 0.226. The standard InChI is InChI=1S/C23H21N3O3S/c27-22(28)15-24-23(30)25-16-9-11-17(12-10-16)29-14-13-26-20-7-3-1-5-18(20)19-6-2-4-8-21(19)26/h1-12H,13-15H2,(H,27,28)(H2,24,25,30). The molecule has 0 unspecified atom stereocenters. The minimum atomic E-state index is -0.967. The molecule has 0 bridgehead atoms. The Labute approximate surface area is 179 Å². The van der Waals surface area contributed by atoms with Crippen molar-refractivity contribution in [3.63, 3.8) is 0 Å². The van der Waals surface area contributed by atoms with E-state index in [4.69, 9.17) is 22.1 Å². The summed E-state index contributed by atoms with van der Waals surface area (Å²) in [5.41, 5.74) is 3.15. The fourth-order valence-corrected chi connectivity index (χ4v) is 3.65. The molecule has 0 aliphatic rings. The van der Waals surface area contributed by atoms with Crippen LogP contribution >= 0.6 is 12.2 Å². The zero-order chi connectivity index (χ0) is 20.9. The summed E-state index contributed by atoms with van der Waals surface area (Å²) in [5, 5.41) is 17.0. The van der Waals surface area contributed by atoms with Gasteiger partial charge in [0, 0.05) is 27.5 Å². The van der Waals surface area contributed by atoms with Crippen LogP contribution in [0.4, 0.5) is 5.69 Å². The number of fused-ring (bicyclic) bond motifs is 3. The quantitative estimate of drug-likeness (QED) is 0.389. The number of benzene rings is 3. The van der Waals surface area contributed by atoms with Crippen LogP contribution in [-0.2, 0) is 11.3 Å². The van der Waals surface area contributed by atoms with Crippen molar-refractivity contribution >= 4 is 50.8 Å². The molecule has 0 radical (unpaired) electrons. The molecule has 0 aliphatic heterocycles. The first-order valence-corrected chi connectivity index (χ1v) is 9.98. The highest BCUT2D eigenvalue weighted by molar-refractivity contribution is 7.80. The summed E-state index contributed by atoms with van der Waals surface area (Å²) in [6.45, 7) is 1.04. The van der Waals surface area contributed by atoms with Crippen molar-refractivity contribution in [1.29, 1.82) is 0 Å². The summed E-state index contributed by atoms with van der Waals surface area (Å²) < 4.78 is 8.23. The number of carbonyl (C=O) groups is 1. The van der Waals surface area contributed by atoms with E-state index in [1.807, 2.05) is 24.3 Å². The Hall–Kier alpha value is -3.58. The topological polar surface area (TPSA) is 75.5 Å². The molecule has 7 heteroatoms. The first-order valence-electron chi connectivity index (χ1n) is 9.57. The number of ether oxygens (including phenoxy) is 1. The molecule has 4 rings (SSSR count). The number of aromatic nitrogens is 1. The van der Waals surface area contributed by atoms with Crippen LogP contribution < -0.4 is 15.4 Å². The Morgan fingerprint density at radius 3 is 2.13 bits per heavy atom. The monoisotopic (exact) mass is 419 g/mol. The Balaban J connectivity index is 1.39. The van der Waals surface area contributed by atoms with Crippen LogP contribution in [0.25, 0.3) is 21.8 Å². The van der Waals surface area contributed by atoms with E-state index in [0.29, 0.717) is 6.61 Å². The summed E-state index contributed by atoms with van der Waals surface area (Å²) >= 11 is 5.06. The number of carboxylic acid groups (broad SMARTS) is 1. The molecule has 6 nitrogen and oxygen atoms in total. The van der Waals surface area contributed by atoms with E-state index in [0.717, 1.165) is 18.0 Å². The van der Waals surface area contributed by atoms with Crippen LogP contribution in [-0.4, -0.2) is 33.9 Å². The zero-order valence-corrected chi connectivity index (χ0v) is 17.0. The number of hydrogen-bond donors (Lipinski definition) is 3. The summed E-state index contributed by atoms with van der Waals surface area (Å²) in [5.74, 6) is -0.211. The molecule has 3 aromatic carbocycles. The molecule has 0 saturated heterocycles. The van der Waals surface area contributed by atoms with Crippen molar-refractivity contribution in [3.8, 4) is 5.75 Å². The number of carboxylic acids is 1. The van der Waals surface area contributed by atoms with Crippen molar-refractivity contribution in [1.82, 2.24) is 9.88 Å². The van der Waals surface area contributed by atoms with Gasteiger partial charge < -0.3 is 25.0 Å². The Kier molecular flexibility index (Phi) is 5.81. The second-order valence-corrected chi connectivity index (χ2v) is 7.17. The van der Waals surface area contributed by atoms with Gasteiger partial charge in [-0.25, -0.2) is 0 Å². The second kappa shape index (κ2) is 8.84. The third kappa shape index (κ3) is 4.36. The number of thiocarbonyl (C=S) groups is 1. The number of nitrogens with one attached hydrogen (secondary N) is 2. The van der Waals surface area contributed by atoms with E-state index < -0.39 is 5.97 Å². The summed E-state index contributed by atoms with van der Waals surface area (Å²) in [7, 11) is 0. The van der Waals surface area contributed by atoms with Crippen LogP contribution in [0, 0.1) is 0 Å². The molecule has 152 valence electrons. The first-order chi connectivity index (χ1) is 14.6. The molecular formula is C23H21N3O3S. The highest BCUT2D eigenvalue weighted by Crippen LogP contribution is 2.28. The van der Waals surface area contributed by atoms with Crippen LogP contribution in [0.3, 0.4) is 0 Å². The maximum absolute atomic E-state index is 10.6. The molecule has 1 heterocycles. The molecule has 30 heavy (non-hydrogen) atoms. The molecule has 0 saturated carbocycles. The lowest BCUT2D eigenvalue weighted by molar-refractivity contribution is -0.135. The Bertz CT molecular complexity index is 1150. The van der Waals surface area contributed by atoms with Crippen LogP contribution in [0.1, 0.15) is 0 Å². The van der Waals surface area contributed by atoms with Gasteiger partial charge in [0.25, 0.3) is 0 Å². The molecule has 0 atom stereocenters. The summed E-state index contributed by atoms with van der Waals surface area (Å²) in [4.78, 5) is 10.6. The van der Waals surface area contributed by atoms with Crippen molar-refractivity contribution in [2.75, 3.05) is 18.5 Å². The normalized spacial score (nSPS) is 10.8. The largest absolute Gasteiger partial charge is 0.492 e. The fourth-order valence-electron chi connectivity index (χ4n) is 3.46. The Morgan fingerprint density at radius 2 is 1.53 bits per heavy atom. The van der Waals surface area contributed by atoms with E-state index in [2.05, 4.69) is 63.7 Å². The zero-order valence-electron chi connectivity index (χ0n) is 16.2. The van der Waals surface area contributed by atoms with Gasteiger partial charge >= 0.3 is 5.97 Å². The minimum Gasteiger partial charge on any atom is -0.492 e. The number of rotatable bonds is 7. The predicted octanol–water partition coefficient (Wildman–Crippen LogP) is 4.24. The van der Waals surface area contributed by atoms with Gasteiger partial charge in [-0.3, -0.25) is 4.79 Å². The molecule has 0 fully saturated rings. The van der Waals surface area contributed by atoms with Gasteiger partial charge in [-0.15, -0.1) is 0 Å². The first kappa shape index (κ1) is 19.7. The fraction of sp³-hybridized carbons (Fsp3) is 0.130. The number of hydrogen-bond acceptors (Lipinski definition) is 3. The molecule has 3 N–H and O–H groups in total.